The van der Waals surface area contributed by atoms with Crippen molar-refractivity contribution in [1.82, 2.24) is 4.90 Å². The Labute approximate surface area is 203 Å². The molecule has 6 heteroatoms. The lowest BCUT2D eigenvalue weighted by atomic mass is 9.77. The highest BCUT2D eigenvalue weighted by molar-refractivity contribution is 7.99. The van der Waals surface area contributed by atoms with Crippen LogP contribution in [0.5, 0.6) is 11.5 Å². The molecule has 0 aromatic heterocycles. The van der Waals surface area contributed by atoms with Gasteiger partial charge in [-0.25, -0.2) is 0 Å². The normalized spacial score (nSPS) is 16.9. The maximum Gasteiger partial charge on any atom is 0.122 e. The van der Waals surface area contributed by atoms with Gasteiger partial charge in [-0.2, -0.15) is 11.8 Å². The van der Waals surface area contributed by atoms with Gasteiger partial charge in [0.1, 0.15) is 30.8 Å². The van der Waals surface area contributed by atoms with E-state index in [2.05, 4.69) is 43.0 Å². The van der Waals surface area contributed by atoms with Gasteiger partial charge in [0.2, 0.25) is 0 Å². The van der Waals surface area contributed by atoms with Crippen LogP contribution in [0.15, 0.2) is 42.5 Å². The Morgan fingerprint density at radius 3 is 2.21 bits per heavy atom. The van der Waals surface area contributed by atoms with E-state index in [0.29, 0.717) is 26.2 Å². The predicted molar refractivity (Wildman–Crippen MR) is 137 cm³/mol. The number of hydrogen-bond acceptors (Lipinski definition) is 6. The van der Waals surface area contributed by atoms with Crippen LogP contribution in [0.1, 0.15) is 43.9 Å². The Morgan fingerprint density at radius 2 is 1.58 bits per heavy atom. The molecule has 182 valence electrons. The molecule has 1 aliphatic heterocycles. The minimum atomic E-state index is -0.480. The highest BCUT2D eigenvalue weighted by atomic mass is 32.2. The van der Waals surface area contributed by atoms with E-state index in [-0.39, 0.29) is 5.41 Å². The summed E-state index contributed by atoms with van der Waals surface area (Å²) in [6.07, 6.45) is -0.238. The number of benzene rings is 2. The van der Waals surface area contributed by atoms with Gasteiger partial charge in [0, 0.05) is 36.6 Å². The van der Waals surface area contributed by atoms with Gasteiger partial charge in [-0.1, -0.05) is 45.0 Å². The summed E-state index contributed by atoms with van der Waals surface area (Å²) in [4.78, 5) is 2.31. The zero-order valence-electron chi connectivity index (χ0n) is 20.4. The Morgan fingerprint density at radius 1 is 0.939 bits per heavy atom. The standard InChI is InChI=1S/C27H39NO4S/c1-5-23(29)18-32-26-11-8-22(16-20(26)2)27(3,4)21-6-9-25(10-7-21)31-19-24(30)17-28-12-14-33-15-13-28/h6-11,16,23-24,29-30H,5,12-15,17-19H2,1-4H3/t23-,24+/m1/s1. The highest BCUT2D eigenvalue weighted by Gasteiger charge is 2.24. The molecule has 0 bridgehead atoms. The number of β-amino-alcohol motifs (C(OH)–C–C–N with tert-alkyl or cyclic N) is 1. The Balaban J connectivity index is 1.57. The summed E-state index contributed by atoms with van der Waals surface area (Å²) in [5.41, 5.74) is 3.27. The second kappa shape index (κ2) is 12.1. The van der Waals surface area contributed by atoms with Crippen LogP contribution in [0.2, 0.25) is 0 Å². The smallest absolute Gasteiger partial charge is 0.122 e. The lowest BCUT2D eigenvalue weighted by Crippen LogP contribution is -2.40. The van der Waals surface area contributed by atoms with E-state index in [1.165, 1.54) is 11.1 Å². The third-order valence-corrected chi connectivity index (χ3v) is 7.33. The lowest BCUT2D eigenvalue weighted by Gasteiger charge is -2.28. The highest BCUT2D eigenvalue weighted by Crippen LogP contribution is 2.34. The van der Waals surface area contributed by atoms with Crippen LogP contribution in [-0.2, 0) is 5.41 Å². The molecule has 2 N–H and O–H groups in total. The van der Waals surface area contributed by atoms with Crippen molar-refractivity contribution in [1.29, 1.82) is 0 Å². The van der Waals surface area contributed by atoms with Crippen molar-refractivity contribution >= 4 is 11.8 Å². The number of aliphatic hydroxyl groups is 2. The van der Waals surface area contributed by atoms with Crippen LogP contribution in [0.25, 0.3) is 0 Å². The van der Waals surface area contributed by atoms with Gasteiger partial charge in [0.05, 0.1) is 6.10 Å². The third-order valence-electron chi connectivity index (χ3n) is 6.39. The van der Waals surface area contributed by atoms with E-state index in [1.54, 1.807) is 0 Å². The van der Waals surface area contributed by atoms with Crippen LogP contribution in [0, 0.1) is 6.92 Å². The quantitative estimate of drug-likeness (QED) is 0.509. The molecule has 1 fully saturated rings. The summed E-state index contributed by atoms with van der Waals surface area (Å²) in [6.45, 7) is 11.8. The van der Waals surface area contributed by atoms with E-state index in [9.17, 15) is 10.2 Å². The van der Waals surface area contributed by atoms with Gasteiger partial charge < -0.3 is 19.7 Å². The lowest BCUT2D eigenvalue weighted by molar-refractivity contribution is 0.0715. The zero-order valence-corrected chi connectivity index (χ0v) is 21.2. The van der Waals surface area contributed by atoms with Crippen LogP contribution in [0.3, 0.4) is 0 Å². The van der Waals surface area contributed by atoms with Crippen molar-refractivity contribution in [3.63, 3.8) is 0 Å². The molecule has 1 heterocycles. The molecule has 0 amide bonds. The van der Waals surface area contributed by atoms with Gasteiger partial charge in [-0.15, -0.1) is 0 Å². The molecular formula is C27H39NO4S. The van der Waals surface area contributed by atoms with E-state index in [4.69, 9.17) is 9.47 Å². The molecule has 0 spiro atoms. The van der Waals surface area contributed by atoms with Crippen LogP contribution < -0.4 is 9.47 Å². The van der Waals surface area contributed by atoms with E-state index < -0.39 is 12.2 Å². The molecule has 1 aliphatic rings. The fourth-order valence-electron chi connectivity index (χ4n) is 3.97. The number of hydrogen-bond donors (Lipinski definition) is 2. The van der Waals surface area contributed by atoms with E-state index in [1.807, 2.05) is 43.8 Å². The predicted octanol–water partition coefficient (Wildman–Crippen LogP) is 4.26. The van der Waals surface area contributed by atoms with Crippen molar-refractivity contribution in [3.05, 3.63) is 59.2 Å². The first-order valence-corrected chi connectivity index (χ1v) is 13.1. The van der Waals surface area contributed by atoms with Crippen molar-refractivity contribution in [2.45, 2.75) is 51.7 Å². The second-order valence-electron chi connectivity index (χ2n) is 9.38. The maximum atomic E-state index is 10.3. The Bertz CT molecular complexity index is 865. The first-order valence-electron chi connectivity index (χ1n) is 11.9. The molecule has 0 unspecified atom stereocenters. The summed E-state index contributed by atoms with van der Waals surface area (Å²) in [5.74, 6) is 3.87. The van der Waals surface area contributed by atoms with Crippen molar-refractivity contribution in [2.24, 2.45) is 0 Å². The van der Waals surface area contributed by atoms with Crippen LogP contribution >= 0.6 is 11.8 Å². The molecule has 2 aromatic rings. The number of nitrogens with zero attached hydrogens (tertiary/aromatic N) is 1. The fraction of sp³-hybridized carbons (Fsp3) is 0.556. The Hall–Kier alpha value is -1.73. The van der Waals surface area contributed by atoms with Crippen LogP contribution in [0.4, 0.5) is 0 Å². The summed E-state index contributed by atoms with van der Waals surface area (Å²) in [5, 5.41) is 20.1. The van der Waals surface area contributed by atoms with Gasteiger partial charge >= 0.3 is 0 Å². The molecule has 0 radical (unpaired) electrons. The molecule has 5 nitrogen and oxygen atoms in total. The summed E-state index contributed by atoms with van der Waals surface area (Å²) >= 11 is 1.97. The first kappa shape index (κ1) is 25.9. The molecule has 2 atom stereocenters. The van der Waals surface area contributed by atoms with Gasteiger partial charge in [0.25, 0.3) is 0 Å². The second-order valence-corrected chi connectivity index (χ2v) is 10.6. The largest absolute Gasteiger partial charge is 0.491 e. The monoisotopic (exact) mass is 473 g/mol. The van der Waals surface area contributed by atoms with Crippen molar-refractivity contribution in [2.75, 3.05) is 44.4 Å². The summed E-state index contributed by atoms with van der Waals surface area (Å²) in [6, 6.07) is 14.4. The maximum absolute atomic E-state index is 10.3. The van der Waals surface area contributed by atoms with Gasteiger partial charge in [0.15, 0.2) is 0 Å². The minimum absolute atomic E-state index is 0.184. The molecule has 2 aromatic carbocycles. The van der Waals surface area contributed by atoms with Crippen molar-refractivity contribution < 1.29 is 19.7 Å². The Kier molecular flexibility index (Phi) is 9.50. The van der Waals surface area contributed by atoms with Gasteiger partial charge in [-0.3, -0.25) is 4.90 Å². The molecule has 0 saturated carbocycles. The van der Waals surface area contributed by atoms with E-state index in [0.717, 1.165) is 41.7 Å². The van der Waals surface area contributed by atoms with E-state index >= 15 is 0 Å². The number of aryl methyl sites for hydroxylation is 1. The molecule has 3 rings (SSSR count). The fourth-order valence-corrected chi connectivity index (χ4v) is 4.94. The summed E-state index contributed by atoms with van der Waals surface area (Å²) in [7, 11) is 0. The number of rotatable bonds is 11. The van der Waals surface area contributed by atoms with Crippen molar-refractivity contribution in [3.8, 4) is 11.5 Å². The molecule has 33 heavy (non-hydrogen) atoms. The van der Waals surface area contributed by atoms with Crippen LogP contribution in [-0.4, -0.2) is 71.7 Å². The zero-order chi connectivity index (χ0) is 23.8. The molecular weight excluding hydrogens is 434 g/mol. The first-order chi connectivity index (χ1) is 15.8. The molecule has 0 aliphatic carbocycles. The SMILES string of the molecule is CC[C@@H](O)COc1ccc(C(C)(C)c2ccc(OC[C@@H](O)CN3CCSCC3)cc2)cc1C. The van der Waals surface area contributed by atoms with Gasteiger partial charge in [-0.05, 0) is 48.2 Å². The molecule has 1 saturated heterocycles. The topological polar surface area (TPSA) is 62.2 Å². The average molecular weight is 474 g/mol. The minimum Gasteiger partial charge on any atom is -0.491 e. The number of ether oxygens (including phenoxy) is 2. The number of aliphatic hydroxyl groups excluding tert-OH is 2. The summed E-state index contributed by atoms with van der Waals surface area (Å²) < 4.78 is 11.6. The average Bonchev–Trinajstić information content (AvgIpc) is 2.82. The third kappa shape index (κ3) is 7.38. The number of thioether (sulfide) groups is 1.